The van der Waals surface area contributed by atoms with E-state index in [1.165, 1.54) is 17.4 Å². The normalized spacial score (nSPS) is 16.3. The van der Waals surface area contributed by atoms with Crippen LogP contribution in [0.15, 0.2) is 47.8 Å². The van der Waals surface area contributed by atoms with E-state index < -0.39 is 17.6 Å². The minimum atomic E-state index is -4.52. The van der Waals surface area contributed by atoms with Gasteiger partial charge in [0, 0.05) is 42.5 Å². The summed E-state index contributed by atoms with van der Waals surface area (Å²) in [5, 5.41) is 5.67. The lowest BCUT2D eigenvalue weighted by Gasteiger charge is -2.31. The Morgan fingerprint density at radius 2 is 1.75 bits per heavy atom. The minimum Gasteiger partial charge on any atom is -0.484 e. The van der Waals surface area contributed by atoms with E-state index in [0.717, 1.165) is 43.1 Å². The van der Waals surface area contributed by atoms with E-state index in [9.17, 15) is 22.8 Å². The Morgan fingerprint density at radius 1 is 1.05 bits per heavy atom. The second-order valence-corrected chi connectivity index (χ2v) is 11.2. The van der Waals surface area contributed by atoms with Gasteiger partial charge in [0.25, 0.3) is 11.8 Å². The van der Waals surface area contributed by atoms with E-state index in [0.29, 0.717) is 42.4 Å². The zero-order valence-electron chi connectivity index (χ0n) is 21.5. The Balaban J connectivity index is 1.19. The van der Waals surface area contributed by atoms with Crippen molar-refractivity contribution in [1.29, 1.82) is 0 Å². The molecule has 0 aliphatic carbocycles. The number of nitrogens with zero attached hydrogens (tertiary/aromatic N) is 3. The van der Waals surface area contributed by atoms with Gasteiger partial charge in [-0.15, -0.1) is 11.3 Å². The number of ether oxygens (including phenoxy) is 1. The summed E-state index contributed by atoms with van der Waals surface area (Å²) in [4.78, 5) is 33.9. The fourth-order valence-electron chi connectivity index (χ4n) is 4.96. The zero-order chi connectivity index (χ0) is 28.3. The average molecular weight is 593 g/mol. The number of likely N-dealkylation sites (tertiary alicyclic amines) is 1. The molecule has 0 unspecified atom stereocenters. The Morgan fingerprint density at radius 3 is 2.42 bits per heavy atom. The number of carbonyl (C=O) groups excluding carboxylic acids is 2. The number of amides is 2. The number of hydrogen-bond acceptors (Lipinski definition) is 6. The van der Waals surface area contributed by atoms with Crippen LogP contribution in [0.1, 0.15) is 52.7 Å². The maximum Gasteiger partial charge on any atom is 0.416 e. The number of benzene rings is 2. The topological polar surface area (TPSA) is 74.8 Å². The second-order valence-electron chi connectivity index (χ2n) is 9.85. The van der Waals surface area contributed by atoms with Crippen molar-refractivity contribution in [1.82, 2.24) is 9.88 Å². The van der Waals surface area contributed by atoms with Gasteiger partial charge in [-0.1, -0.05) is 11.6 Å². The number of nitrogens with one attached hydrogen (secondary N) is 1. The SMILES string of the molecule is O=C(Nc1cc(C(F)(F)F)ccc1N1CCCC1)c1csc(C2CCN(C(=O)COc3ccc(Cl)cc3)CC2)n1. The van der Waals surface area contributed by atoms with Crippen LogP contribution in [0.4, 0.5) is 24.5 Å². The fraction of sp³-hybridized carbons (Fsp3) is 0.393. The molecule has 0 radical (unpaired) electrons. The second kappa shape index (κ2) is 12.1. The van der Waals surface area contributed by atoms with Gasteiger partial charge in [0.2, 0.25) is 0 Å². The van der Waals surface area contributed by atoms with Crippen molar-refractivity contribution in [3.05, 3.63) is 69.1 Å². The van der Waals surface area contributed by atoms with Crippen LogP contribution in [0.25, 0.3) is 0 Å². The van der Waals surface area contributed by atoms with Gasteiger partial charge in [-0.25, -0.2) is 4.98 Å². The van der Waals surface area contributed by atoms with Crippen molar-refractivity contribution in [3.8, 4) is 5.75 Å². The van der Waals surface area contributed by atoms with Crippen molar-refractivity contribution in [2.45, 2.75) is 37.8 Å². The van der Waals surface area contributed by atoms with Crippen LogP contribution in [0, 0.1) is 0 Å². The summed E-state index contributed by atoms with van der Waals surface area (Å²) in [6, 6.07) is 10.3. The average Bonchev–Trinajstić information content (AvgIpc) is 3.65. The minimum absolute atomic E-state index is 0.0666. The van der Waals surface area contributed by atoms with E-state index >= 15 is 0 Å². The van der Waals surface area contributed by atoms with E-state index in [2.05, 4.69) is 10.3 Å². The first-order valence-corrected chi connectivity index (χ1v) is 14.3. The first kappa shape index (κ1) is 28.2. The number of carbonyl (C=O) groups is 2. The molecule has 2 saturated heterocycles. The van der Waals surface area contributed by atoms with Gasteiger partial charge in [-0.05, 0) is 68.1 Å². The van der Waals surface area contributed by atoms with Crippen LogP contribution in [-0.2, 0) is 11.0 Å². The zero-order valence-corrected chi connectivity index (χ0v) is 23.1. The Bertz CT molecular complexity index is 1350. The van der Waals surface area contributed by atoms with Crippen LogP contribution in [0.3, 0.4) is 0 Å². The van der Waals surface area contributed by atoms with Gasteiger partial charge in [-0.3, -0.25) is 9.59 Å². The lowest BCUT2D eigenvalue weighted by atomic mass is 9.97. The van der Waals surface area contributed by atoms with Gasteiger partial charge in [0.05, 0.1) is 21.9 Å². The molecule has 2 amide bonds. The number of thiazole rings is 1. The molecular formula is C28H28ClF3N4O3S. The first-order chi connectivity index (χ1) is 19.2. The lowest BCUT2D eigenvalue weighted by Crippen LogP contribution is -2.40. The summed E-state index contributed by atoms with van der Waals surface area (Å²) in [5.74, 6) is -0.00264. The first-order valence-electron chi connectivity index (χ1n) is 13.1. The summed E-state index contributed by atoms with van der Waals surface area (Å²) < 4.78 is 45.7. The third-order valence-electron chi connectivity index (χ3n) is 7.15. The number of anilines is 2. The highest BCUT2D eigenvalue weighted by Crippen LogP contribution is 2.37. The summed E-state index contributed by atoms with van der Waals surface area (Å²) in [6.45, 7) is 2.46. The predicted octanol–water partition coefficient (Wildman–Crippen LogP) is 6.45. The maximum absolute atomic E-state index is 13.4. The van der Waals surface area contributed by atoms with Crippen LogP contribution < -0.4 is 15.0 Å². The number of halogens is 4. The molecule has 5 rings (SSSR count). The molecule has 3 aromatic rings. The van der Waals surface area contributed by atoms with Gasteiger partial charge in [0.15, 0.2) is 6.61 Å². The van der Waals surface area contributed by atoms with Crippen molar-refractivity contribution in [2.75, 3.05) is 43.0 Å². The molecule has 40 heavy (non-hydrogen) atoms. The highest BCUT2D eigenvalue weighted by Gasteiger charge is 2.32. The number of rotatable bonds is 7. The largest absolute Gasteiger partial charge is 0.484 e. The summed E-state index contributed by atoms with van der Waals surface area (Å²) >= 11 is 7.22. The summed E-state index contributed by atoms with van der Waals surface area (Å²) in [5.41, 5.74) is 0.0551. The molecule has 0 spiro atoms. The number of hydrogen-bond donors (Lipinski definition) is 1. The van der Waals surface area contributed by atoms with E-state index in [-0.39, 0.29) is 29.8 Å². The molecule has 1 N–H and O–H groups in total. The molecule has 0 bridgehead atoms. The third-order valence-corrected chi connectivity index (χ3v) is 8.41. The Hall–Kier alpha value is -3.31. The number of aromatic nitrogens is 1. The number of alkyl halides is 3. The molecule has 2 aromatic carbocycles. The van der Waals surface area contributed by atoms with Crippen molar-refractivity contribution >= 4 is 46.1 Å². The monoisotopic (exact) mass is 592 g/mol. The quantitative estimate of drug-likeness (QED) is 0.341. The maximum atomic E-state index is 13.4. The highest BCUT2D eigenvalue weighted by molar-refractivity contribution is 7.10. The van der Waals surface area contributed by atoms with Gasteiger partial charge >= 0.3 is 6.18 Å². The fourth-order valence-corrected chi connectivity index (χ4v) is 6.05. The number of piperidine rings is 1. The van der Waals surface area contributed by atoms with Crippen LogP contribution in [-0.4, -0.2) is 54.5 Å². The predicted molar refractivity (Wildman–Crippen MR) is 148 cm³/mol. The molecule has 3 heterocycles. The molecule has 2 aliphatic rings. The molecular weight excluding hydrogens is 565 g/mol. The smallest absolute Gasteiger partial charge is 0.416 e. The van der Waals surface area contributed by atoms with Gasteiger partial charge in [0.1, 0.15) is 11.4 Å². The van der Waals surface area contributed by atoms with Crippen LogP contribution in [0.2, 0.25) is 5.02 Å². The molecule has 2 aliphatic heterocycles. The van der Waals surface area contributed by atoms with Gasteiger partial charge < -0.3 is 19.9 Å². The molecule has 0 saturated carbocycles. The van der Waals surface area contributed by atoms with Crippen molar-refractivity contribution in [2.24, 2.45) is 0 Å². The third kappa shape index (κ3) is 6.69. The molecule has 12 heteroatoms. The van der Waals surface area contributed by atoms with E-state index in [1.54, 1.807) is 34.5 Å². The molecule has 1 aromatic heterocycles. The van der Waals surface area contributed by atoms with Crippen LogP contribution in [0.5, 0.6) is 5.75 Å². The summed E-state index contributed by atoms with van der Waals surface area (Å²) in [7, 11) is 0. The molecule has 0 atom stereocenters. The van der Waals surface area contributed by atoms with E-state index in [1.807, 2.05) is 4.90 Å². The van der Waals surface area contributed by atoms with Gasteiger partial charge in [-0.2, -0.15) is 13.2 Å². The Kier molecular flexibility index (Phi) is 8.51. The van der Waals surface area contributed by atoms with Crippen molar-refractivity contribution < 1.29 is 27.5 Å². The van der Waals surface area contributed by atoms with Crippen LogP contribution >= 0.6 is 22.9 Å². The Labute approximate surface area is 238 Å². The highest BCUT2D eigenvalue weighted by atomic mass is 35.5. The van der Waals surface area contributed by atoms with E-state index in [4.69, 9.17) is 16.3 Å². The molecule has 7 nitrogen and oxygen atoms in total. The molecule has 212 valence electrons. The lowest BCUT2D eigenvalue weighted by molar-refractivity contribution is -0.137. The molecule has 2 fully saturated rings. The summed E-state index contributed by atoms with van der Waals surface area (Å²) in [6.07, 6.45) is -1.25. The standard InChI is InChI=1S/C28H28ClF3N4O3S/c29-20-4-6-21(7-5-20)39-16-25(37)36-13-9-18(10-14-36)27-34-23(17-40-27)26(38)33-22-15-19(28(30,31)32)3-8-24(22)35-11-1-2-12-35/h3-8,15,17-18H,1-2,9-14,16H2,(H,33,38). The van der Waals surface area contributed by atoms with Crippen molar-refractivity contribution in [3.63, 3.8) is 0 Å².